The summed E-state index contributed by atoms with van der Waals surface area (Å²) in [4.78, 5) is 10.3. The van der Waals surface area contributed by atoms with Crippen molar-refractivity contribution in [3.8, 4) is 11.5 Å². The first kappa shape index (κ1) is 9.83. The van der Waals surface area contributed by atoms with Crippen molar-refractivity contribution in [2.75, 3.05) is 6.79 Å². The maximum atomic E-state index is 10.3. The van der Waals surface area contributed by atoms with E-state index in [9.17, 15) is 4.79 Å². The van der Waals surface area contributed by atoms with Gasteiger partial charge in [0.05, 0.1) is 0 Å². The predicted molar refractivity (Wildman–Crippen MR) is 52.8 cm³/mol. The summed E-state index contributed by atoms with van der Waals surface area (Å²) in [6, 6.07) is 5.56. The highest BCUT2D eigenvalue weighted by molar-refractivity contribution is 5.66. The minimum atomic E-state index is -0.785. The molecule has 15 heavy (non-hydrogen) atoms. The second kappa shape index (κ2) is 4.21. The van der Waals surface area contributed by atoms with Gasteiger partial charge in [0.25, 0.3) is 0 Å². The molecule has 1 radical (unpaired) electrons. The molecule has 1 aliphatic heterocycles. The highest BCUT2D eigenvalue weighted by Crippen LogP contribution is 2.33. The molecule has 79 valence electrons. The molecule has 1 aliphatic rings. The van der Waals surface area contributed by atoms with Crippen LogP contribution < -0.4 is 9.47 Å². The number of hydrogen-bond donors (Lipinski definition) is 1. The quantitative estimate of drug-likeness (QED) is 0.818. The van der Waals surface area contributed by atoms with Gasteiger partial charge in [0.1, 0.15) is 0 Å². The summed E-state index contributed by atoms with van der Waals surface area (Å²) in [6.45, 7) is 0.258. The van der Waals surface area contributed by atoms with E-state index < -0.39 is 5.97 Å². The first-order valence-corrected chi connectivity index (χ1v) is 4.70. The van der Waals surface area contributed by atoms with Crippen LogP contribution in [0.2, 0.25) is 0 Å². The third-order valence-electron chi connectivity index (χ3n) is 2.13. The van der Waals surface area contributed by atoms with Crippen LogP contribution >= 0.6 is 0 Å². The van der Waals surface area contributed by atoms with Crippen LogP contribution in [0.1, 0.15) is 18.4 Å². The van der Waals surface area contributed by atoms with E-state index in [2.05, 4.69) is 0 Å². The first-order chi connectivity index (χ1) is 7.25. The largest absolute Gasteiger partial charge is 0.481 e. The normalized spacial score (nSPS) is 12.8. The van der Waals surface area contributed by atoms with Crippen molar-refractivity contribution in [3.05, 3.63) is 30.2 Å². The first-order valence-electron chi connectivity index (χ1n) is 4.70. The van der Waals surface area contributed by atoms with E-state index in [0.29, 0.717) is 6.42 Å². The van der Waals surface area contributed by atoms with Crippen molar-refractivity contribution in [2.45, 2.75) is 12.8 Å². The van der Waals surface area contributed by atoms with E-state index in [0.717, 1.165) is 17.1 Å². The van der Waals surface area contributed by atoms with Crippen molar-refractivity contribution in [3.63, 3.8) is 0 Å². The fourth-order valence-electron chi connectivity index (χ4n) is 1.40. The Balaban J connectivity index is 1.95. The minimum absolute atomic E-state index is 0.147. The summed E-state index contributed by atoms with van der Waals surface area (Å²) < 4.78 is 10.4. The summed E-state index contributed by atoms with van der Waals surface area (Å²) in [5, 5.41) is 8.48. The molecule has 0 spiro atoms. The molecule has 0 aromatic heterocycles. The lowest BCUT2D eigenvalue weighted by molar-refractivity contribution is -0.136. The summed E-state index contributed by atoms with van der Waals surface area (Å²) in [5.74, 6) is 0.677. The van der Waals surface area contributed by atoms with Crippen molar-refractivity contribution < 1.29 is 19.4 Å². The van der Waals surface area contributed by atoms with Crippen LogP contribution in [0.3, 0.4) is 0 Å². The number of carbonyl (C=O) groups is 1. The average Bonchev–Trinajstić information content (AvgIpc) is 2.64. The van der Waals surface area contributed by atoms with E-state index in [1.807, 2.05) is 24.6 Å². The molecule has 0 saturated carbocycles. The molecule has 0 bridgehead atoms. The average molecular weight is 207 g/mol. The van der Waals surface area contributed by atoms with E-state index in [-0.39, 0.29) is 13.2 Å². The second-order valence-corrected chi connectivity index (χ2v) is 3.25. The highest BCUT2D eigenvalue weighted by Gasteiger charge is 2.12. The zero-order valence-electron chi connectivity index (χ0n) is 8.10. The summed E-state index contributed by atoms with van der Waals surface area (Å²) >= 11 is 0. The molecule has 1 aromatic carbocycles. The topological polar surface area (TPSA) is 55.8 Å². The van der Waals surface area contributed by atoms with Gasteiger partial charge in [-0.15, -0.1) is 0 Å². The Bertz CT molecular complexity index is 373. The van der Waals surface area contributed by atoms with Gasteiger partial charge >= 0.3 is 5.97 Å². The van der Waals surface area contributed by atoms with Crippen LogP contribution in [0.25, 0.3) is 0 Å². The number of rotatable bonds is 4. The number of benzene rings is 1. The fourth-order valence-corrected chi connectivity index (χ4v) is 1.40. The number of ether oxygens (including phenoxy) is 2. The SMILES string of the molecule is O=C(O)CC[CH]c1ccc2c(c1)OCO2. The van der Waals surface area contributed by atoms with Crippen molar-refractivity contribution in [2.24, 2.45) is 0 Å². The van der Waals surface area contributed by atoms with Crippen LogP contribution in [0, 0.1) is 6.42 Å². The lowest BCUT2D eigenvalue weighted by atomic mass is 10.1. The Kier molecular flexibility index (Phi) is 2.76. The van der Waals surface area contributed by atoms with Gasteiger partial charge in [-0.2, -0.15) is 0 Å². The molecule has 0 amide bonds. The van der Waals surface area contributed by atoms with Crippen LogP contribution in [0.5, 0.6) is 11.5 Å². The second-order valence-electron chi connectivity index (χ2n) is 3.25. The molecular formula is C11H11O4. The van der Waals surface area contributed by atoms with Gasteiger partial charge in [0.15, 0.2) is 11.5 Å². The molecule has 2 rings (SSSR count). The highest BCUT2D eigenvalue weighted by atomic mass is 16.7. The standard InChI is InChI=1S/C11H11O4/c12-11(13)3-1-2-8-4-5-9-10(6-8)15-7-14-9/h2,4-6H,1,3,7H2,(H,12,13). The Morgan fingerprint density at radius 3 is 3.00 bits per heavy atom. The van der Waals surface area contributed by atoms with E-state index >= 15 is 0 Å². The number of carboxylic acids is 1. The van der Waals surface area contributed by atoms with Crippen molar-refractivity contribution in [1.29, 1.82) is 0 Å². The Morgan fingerprint density at radius 2 is 2.20 bits per heavy atom. The lowest BCUT2D eigenvalue weighted by Gasteiger charge is -2.01. The predicted octanol–water partition coefficient (Wildman–Crippen LogP) is 1.83. The Morgan fingerprint density at radius 1 is 1.40 bits per heavy atom. The molecule has 0 atom stereocenters. The smallest absolute Gasteiger partial charge is 0.303 e. The van der Waals surface area contributed by atoms with E-state index in [1.54, 1.807) is 0 Å². The number of hydrogen-bond acceptors (Lipinski definition) is 3. The molecule has 4 heteroatoms. The molecule has 0 aliphatic carbocycles. The third-order valence-corrected chi connectivity index (χ3v) is 2.13. The maximum Gasteiger partial charge on any atom is 0.303 e. The minimum Gasteiger partial charge on any atom is -0.481 e. The summed E-state index contributed by atoms with van der Waals surface area (Å²) in [5.41, 5.74) is 0.959. The zero-order valence-corrected chi connectivity index (χ0v) is 8.10. The molecular weight excluding hydrogens is 196 g/mol. The van der Waals surface area contributed by atoms with Gasteiger partial charge in [-0.25, -0.2) is 0 Å². The fraction of sp³-hybridized carbons (Fsp3) is 0.273. The summed E-state index contributed by atoms with van der Waals surface area (Å²) in [6.07, 6.45) is 2.54. The van der Waals surface area contributed by atoms with E-state index in [1.165, 1.54) is 0 Å². The Hall–Kier alpha value is -1.71. The van der Waals surface area contributed by atoms with Gasteiger partial charge in [-0.3, -0.25) is 4.79 Å². The van der Waals surface area contributed by atoms with Gasteiger partial charge in [0, 0.05) is 6.42 Å². The molecule has 1 aromatic rings. The zero-order chi connectivity index (χ0) is 10.7. The van der Waals surface area contributed by atoms with Gasteiger partial charge in [0.2, 0.25) is 6.79 Å². The van der Waals surface area contributed by atoms with Crippen LogP contribution in [0.15, 0.2) is 18.2 Å². The third kappa shape index (κ3) is 2.40. The number of aliphatic carboxylic acids is 1. The van der Waals surface area contributed by atoms with Gasteiger partial charge in [-0.05, 0) is 30.5 Å². The molecule has 0 fully saturated rings. The molecule has 1 heterocycles. The van der Waals surface area contributed by atoms with Gasteiger partial charge in [-0.1, -0.05) is 6.07 Å². The maximum absolute atomic E-state index is 10.3. The van der Waals surface area contributed by atoms with Gasteiger partial charge < -0.3 is 14.6 Å². The number of carboxylic acid groups (broad SMARTS) is 1. The number of fused-ring (bicyclic) bond motifs is 1. The van der Waals surface area contributed by atoms with E-state index in [4.69, 9.17) is 14.6 Å². The summed E-state index contributed by atoms with van der Waals surface area (Å²) in [7, 11) is 0. The van der Waals surface area contributed by atoms with Crippen LogP contribution in [0.4, 0.5) is 0 Å². The van der Waals surface area contributed by atoms with Crippen LogP contribution in [-0.2, 0) is 4.79 Å². The molecule has 4 nitrogen and oxygen atoms in total. The Labute approximate surface area is 87.4 Å². The monoisotopic (exact) mass is 207 g/mol. The van der Waals surface area contributed by atoms with Crippen molar-refractivity contribution in [1.82, 2.24) is 0 Å². The lowest BCUT2D eigenvalue weighted by Crippen LogP contribution is -1.94. The van der Waals surface area contributed by atoms with Crippen molar-refractivity contribution >= 4 is 5.97 Å². The molecule has 0 unspecified atom stereocenters. The molecule has 1 N–H and O–H groups in total. The van der Waals surface area contributed by atoms with Crippen LogP contribution in [-0.4, -0.2) is 17.9 Å². The molecule has 0 saturated heterocycles.